The molecule has 0 aliphatic heterocycles. The van der Waals surface area contributed by atoms with Crippen LogP contribution in [0.3, 0.4) is 0 Å². The van der Waals surface area contributed by atoms with Crippen molar-refractivity contribution in [1.82, 2.24) is 10.2 Å². The summed E-state index contributed by atoms with van der Waals surface area (Å²) in [7, 11) is 0. The maximum absolute atomic E-state index is 11.9. The standard InChI is InChI=1S/C17H15N3OS3/c1-12-9-10-22-14(12)7-8-15(21)18-16-19-20-17(24-16)23-11-13-5-3-2-4-6-13/h2-10H,11H2,1H3,(H,18,19,21). The Bertz CT molecular complexity index is 840. The molecule has 7 heteroatoms. The molecule has 3 aromatic rings. The van der Waals surface area contributed by atoms with Gasteiger partial charge in [0.25, 0.3) is 0 Å². The SMILES string of the molecule is Cc1ccsc1C=CC(=O)Nc1nnc(SCc2ccccc2)s1. The van der Waals surface area contributed by atoms with E-state index in [1.165, 1.54) is 28.5 Å². The summed E-state index contributed by atoms with van der Waals surface area (Å²) in [5.41, 5.74) is 2.40. The third-order valence-electron chi connectivity index (χ3n) is 3.13. The molecule has 1 N–H and O–H groups in total. The van der Waals surface area contributed by atoms with Crippen molar-refractivity contribution >= 4 is 51.6 Å². The van der Waals surface area contributed by atoms with Crippen molar-refractivity contribution < 1.29 is 4.79 Å². The van der Waals surface area contributed by atoms with Gasteiger partial charge in [-0.2, -0.15) is 0 Å². The summed E-state index contributed by atoms with van der Waals surface area (Å²) in [5.74, 6) is 0.639. The summed E-state index contributed by atoms with van der Waals surface area (Å²) in [6.07, 6.45) is 3.35. The molecule has 0 radical (unpaired) electrons. The zero-order chi connectivity index (χ0) is 16.8. The van der Waals surface area contributed by atoms with E-state index < -0.39 is 0 Å². The van der Waals surface area contributed by atoms with Gasteiger partial charge in [0.05, 0.1) is 0 Å². The Balaban J connectivity index is 1.53. The number of carbonyl (C=O) groups excluding carboxylic acids is 1. The first-order valence-corrected chi connectivity index (χ1v) is 9.92. The first-order valence-electron chi connectivity index (χ1n) is 7.24. The van der Waals surface area contributed by atoms with Gasteiger partial charge < -0.3 is 0 Å². The average molecular weight is 374 g/mol. The third kappa shape index (κ3) is 4.77. The van der Waals surface area contributed by atoms with Crippen molar-refractivity contribution in [2.75, 3.05) is 5.32 Å². The number of aryl methyl sites for hydroxylation is 1. The van der Waals surface area contributed by atoms with Gasteiger partial charge in [-0.3, -0.25) is 10.1 Å². The van der Waals surface area contributed by atoms with Crippen LogP contribution in [-0.2, 0) is 10.5 Å². The highest BCUT2D eigenvalue weighted by molar-refractivity contribution is 8.00. The summed E-state index contributed by atoms with van der Waals surface area (Å²) in [6.45, 7) is 2.02. The molecule has 1 aromatic carbocycles. The van der Waals surface area contributed by atoms with Gasteiger partial charge >= 0.3 is 0 Å². The Morgan fingerprint density at radius 2 is 2.08 bits per heavy atom. The molecule has 0 aliphatic carbocycles. The van der Waals surface area contributed by atoms with Crippen LogP contribution >= 0.6 is 34.4 Å². The smallest absolute Gasteiger partial charge is 0.250 e. The fraction of sp³-hybridized carbons (Fsp3) is 0.118. The van der Waals surface area contributed by atoms with Crippen LogP contribution in [-0.4, -0.2) is 16.1 Å². The molecule has 0 atom stereocenters. The van der Waals surface area contributed by atoms with E-state index in [-0.39, 0.29) is 5.91 Å². The minimum atomic E-state index is -0.196. The molecule has 24 heavy (non-hydrogen) atoms. The van der Waals surface area contributed by atoms with Gasteiger partial charge in [0.1, 0.15) is 0 Å². The summed E-state index contributed by atoms with van der Waals surface area (Å²) >= 11 is 4.61. The number of hydrogen-bond acceptors (Lipinski definition) is 6. The number of anilines is 1. The van der Waals surface area contributed by atoms with Crippen molar-refractivity contribution in [2.45, 2.75) is 17.0 Å². The molecule has 0 bridgehead atoms. The molecule has 3 rings (SSSR count). The van der Waals surface area contributed by atoms with Gasteiger partial charge in [0.15, 0.2) is 4.34 Å². The highest BCUT2D eigenvalue weighted by Crippen LogP contribution is 2.28. The van der Waals surface area contributed by atoms with Gasteiger partial charge in [-0.15, -0.1) is 21.5 Å². The summed E-state index contributed by atoms with van der Waals surface area (Å²) in [5, 5.41) is 13.4. The molecule has 0 fully saturated rings. The van der Waals surface area contributed by atoms with Crippen LogP contribution in [0.4, 0.5) is 5.13 Å². The number of thiophene rings is 1. The lowest BCUT2D eigenvalue weighted by Gasteiger charge is -1.97. The molecule has 2 aromatic heterocycles. The van der Waals surface area contributed by atoms with E-state index in [1.807, 2.05) is 42.6 Å². The van der Waals surface area contributed by atoms with Crippen LogP contribution < -0.4 is 5.32 Å². The fourth-order valence-corrected chi connectivity index (χ4v) is 4.42. The largest absolute Gasteiger partial charge is 0.297 e. The molecule has 0 saturated carbocycles. The second kappa shape index (κ2) is 8.23. The van der Waals surface area contributed by atoms with Crippen molar-refractivity contribution in [3.05, 3.63) is 63.9 Å². The monoisotopic (exact) mass is 373 g/mol. The summed E-state index contributed by atoms with van der Waals surface area (Å²) < 4.78 is 0.840. The molecular formula is C17H15N3OS3. The normalized spacial score (nSPS) is 11.0. The Morgan fingerprint density at radius 3 is 2.83 bits per heavy atom. The number of thioether (sulfide) groups is 1. The quantitative estimate of drug-likeness (QED) is 0.381. The maximum atomic E-state index is 11.9. The number of nitrogens with one attached hydrogen (secondary N) is 1. The van der Waals surface area contributed by atoms with Crippen LogP contribution in [0.5, 0.6) is 0 Å². The lowest BCUT2D eigenvalue weighted by molar-refractivity contribution is -0.111. The van der Waals surface area contributed by atoms with Gasteiger partial charge in [-0.05, 0) is 35.6 Å². The second-order valence-corrected chi connectivity index (χ2v) is 8.09. The Labute approximate surface area is 152 Å². The lowest BCUT2D eigenvalue weighted by atomic mass is 10.2. The van der Waals surface area contributed by atoms with Gasteiger partial charge in [-0.25, -0.2) is 0 Å². The van der Waals surface area contributed by atoms with E-state index in [1.54, 1.807) is 23.1 Å². The van der Waals surface area contributed by atoms with Crippen LogP contribution in [0.25, 0.3) is 6.08 Å². The van der Waals surface area contributed by atoms with E-state index in [4.69, 9.17) is 0 Å². The minimum absolute atomic E-state index is 0.196. The summed E-state index contributed by atoms with van der Waals surface area (Å²) in [6, 6.07) is 12.2. The number of benzene rings is 1. The van der Waals surface area contributed by atoms with Crippen molar-refractivity contribution in [1.29, 1.82) is 0 Å². The van der Waals surface area contributed by atoms with Gasteiger partial charge in [0.2, 0.25) is 11.0 Å². The molecular weight excluding hydrogens is 358 g/mol. The van der Waals surface area contributed by atoms with Crippen molar-refractivity contribution in [2.24, 2.45) is 0 Å². The fourth-order valence-electron chi connectivity index (χ4n) is 1.89. The first kappa shape index (κ1) is 16.9. The van der Waals surface area contributed by atoms with Crippen LogP contribution in [0.1, 0.15) is 16.0 Å². The Morgan fingerprint density at radius 1 is 1.25 bits per heavy atom. The molecule has 0 saturated heterocycles. The number of rotatable bonds is 6. The van der Waals surface area contributed by atoms with Crippen molar-refractivity contribution in [3.8, 4) is 0 Å². The zero-order valence-electron chi connectivity index (χ0n) is 12.9. The molecule has 0 unspecified atom stereocenters. The van der Waals surface area contributed by atoms with Gasteiger partial charge in [0, 0.05) is 16.7 Å². The molecule has 0 aliphatic rings. The van der Waals surface area contributed by atoms with Gasteiger partial charge in [-0.1, -0.05) is 53.4 Å². The van der Waals surface area contributed by atoms with E-state index >= 15 is 0 Å². The lowest BCUT2D eigenvalue weighted by Crippen LogP contribution is -2.07. The third-order valence-corrected chi connectivity index (χ3v) is 6.16. The highest BCUT2D eigenvalue weighted by atomic mass is 32.2. The number of carbonyl (C=O) groups is 1. The van der Waals surface area contributed by atoms with E-state index in [0.29, 0.717) is 5.13 Å². The predicted octanol–water partition coefficient (Wildman–Crippen LogP) is 4.85. The predicted molar refractivity (Wildman–Crippen MR) is 103 cm³/mol. The van der Waals surface area contributed by atoms with E-state index in [9.17, 15) is 4.79 Å². The Hall–Kier alpha value is -1.96. The summed E-state index contributed by atoms with van der Waals surface area (Å²) in [4.78, 5) is 13.0. The van der Waals surface area contributed by atoms with E-state index in [2.05, 4.69) is 27.6 Å². The van der Waals surface area contributed by atoms with Crippen LogP contribution in [0, 0.1) is 6.92 Å². The van der Waals surface area contributed by atoms with Crippen LogP contribution in [0.2, 0.25) is 0 Å². The number of nitrogens with zero attached hydrogens (tertiary/aromatic N) is 2. The second-order valence-electron chi connectivity index (χ2n) is 4.94. The number of amides is 1. The van der Waals surface area contributed by atoms with Crippen molar-refractivity contribution in [3.63, 3.8) is 0 Å². The number of aromatic nitrogens is 2. The average Bonchev–Trinajstić information content (AvgIpc) is 3.21. The zero-order valence-corrected chi connectivity index (χ0v) is 15.4. The van der Waals surface area contributed by atoms with Crippen LogP contribution in [0.15, 0.2) is 52.2 Å². The number of hydrogen-bond donors (Lipinski definition) is 1. The molecule has 1 amide bonds. The molecule has 0 spiro atoms. The molecule has 122 valence electrons. The molecule has 2 heterocycles. The first-order chi connectivity index (χ1) is 11.7. The molecule has 4 nitrogen and oxygen atoms in total. The Kier molecular flexibility index (Phi) is 5.79. The minimum Gasteiger partial charge on any atom is -0.297 e. The maximum Gasteiger partial charge on any atom is 0.250 e. The van der Waals surface area contributed by atoms with E-state index in [0.717, 1.165) is 15.0 Å². The topological polar surface area (TPSA) is 54.9 Å². The highest BCUT2D eigenvalue weighted by Gasteiger charge is 2.07.